The molecule has 2 aliphatic heterocycles. The maximum Gasteiger partial charge on any atom is 0.276 e. The van der Waals surface area contributed by atoms with Crippen molar-refractivity contribution in [3.63, 3.8) is 0 Å². The van der Waals surface area contributed by atoms with Gasteiger partial charge in [0.15, 0.2) is 5.69 Å². The molecular formula is C17H22ClN5O3S. The highest BCUT2D eigenvalue weighted by molar-refractivity contribution is 7.93. The third kappa shape index (κ3) is 3.67. The van der Waals surface area contributed by atoms with Gasteiger partial charge < -0.3 is 10.6 Å². The second-order valence-electron chi connectivity index (χ2n) is 6.65. The molecule has 1 aromatic heterocycles. The lowest BCUT2D eigenvalue weighted by atomic mass is 10.1. The van der Waals surface area contributed by atoms with Crippen LogP contribution in [0, 0.1) is 6.92 Å². The highest BCUT2D eigenvalue weighted by Gasteiger charge is 2.30. The van der Waals surface area contributed by atoms with Gasteiger partial charge in [0.05, 0.1) is 11.4 Å². The lowest BCUT2D eigenvalue weighted by Gasteiger charge is -2.20. The number of H-pyrrole nitrogens is 1. The van der Waals surface area contributed by atoms with Crippen molar-refractivity contribution >= 4 is 39.7 Å². The van der Waals surface area contributed by atoms with Crippen LogP contribution in [0.3, 0.4) is 0 Å². The molecular weight excluding hydrogens is 390 g/mol. The number of nitrogens with zero attached hydrogens (tertiary/aromatic N) is 2. The van der Waals surface area contributed by atoms with Crippen LogP contribution < -0.4 is 14.9 Å². The number of benzene rings is 1. The predicted molar refractivity (Wildman–Crippen MR) is 106 cm³/mol. The molecule has 3 heterocycles. The van der Waals surface area contributed by atoms with Gasteiger partial charge in [-0.3, -0.25) is 14.2 Å². The number of halogens is 1. The molecule has 8 nitrogen and oxygen atoms in total. The average Bonchev–Trinajstić information content (AvgIpc) is 3.19. The minimum atomic E-state index is -3.27. The van der Waals surface area contributed by atoms with Gasteiger partial charge in [-0.25, -0.2) is 8.42 Å². The third-order valence-electron chi connectivity index (χ3n) is 4.86. The van der Waals surface area contributed by atoms with Gasteiger partial charge in [-0.1, -0.05) is 6.07 Å². The molecule has 1 aromatic carbocycles. The number of amides is 1. The molecule has 3 N–H and O–H groups in total. The van der Waals surface area contributed by atoms with Gasteiger partial charge in [-0.15, -0.1) is 12.4 Å². The number of carbonyl (C=O) groups is 1. The summed E-state index contributed by atoms with van der Waals surface area (Å²) in [4.78, 5) is 12.6. The summed E-state index contributed by atoms with van der Waals surface area (Å²) < 4.78 is 25.9. The Hall–Kier alpha value is -2.10. The van der Waals surface area contributed by atoms with Gasteiger partial charge in [0, 0.05) is 43.0 Å². The zero-order valence-electron chi connectivity index (χ0n) is 14.9. The fourth-order valence-electron chi connectivity index (χ4n) is 3.47. The topological polar surface area (TPSA) is 107 Å². The number of rotatable bonds is 3. The molecule has 4 rings (SSSR count). The van der Waals surface area contributed by atoms with Crippen LogP contribution in [0.1, 0.15) is 33.7 Å². The number of hydrogen-bond donors (Lipinski definition) is 3. The quantitative estimate of drug-likeness (QED) is 0.710. The van der Waals surface area contributed by atoms with Crippen molar-refractivity contribution in [3.05, 3.63) is 40.7 Å². The van der Waals surface area contributed by atoms with E-state index in [9.17, 15) is 13.2 Å². The van der Waals surface area contributed by atoms with E-state index in [1.54, 1.807) is 12.1 Å². The van der Waals surface area contributed by atoms with Crippen molar-refractivity contribution in [1.82, 2.24) is 15.5 Å². The van der Waals surface area contributed by atoms with Gasteiger partial charge in [-0.05, 0) is 31.0 Å². The number of aryl methyl sites for hydroxylation is 1. The number of aromatic amines is 1. The van der Waals surface area contributed by atoms with E-state index in [0.29, 0.717) is 36.6 Å². The zero-order chi connectivity index (χ0) is 18.3. The molecule has 27 heavy (non-hydrogen) atoms. The number of nitrogens with one attached hydrogen (secondary N) is 3. The predicted octanol–water partition coefficient (Wildman–Crippen LogP) is 1.58. The third-order valence-corrected chi connectivity index (χ3v) is 6.71. The van der Waals surface area contributed by atoms with Crippen molar-refractivity contribution in [2.45, 2.75) is 26.3 Å². The molecule has 10 heteroatoms. The molecule has 1 amide bonds. The summed E-state index contributed by atoms with van der Waals surface area (Å²) >= 11 is 0. The first kappa shape index (κ1) is 19.7. The Bertz CT molecular complexity index is 973. The zero-order valence-corrected chi connectivity index (χ0v) is 16.5. The summed E-state index contributed by atoms with van der Waals surface area (Å²) in [6.45, 7) is 3.81. The molecule has 0 saturated carbocycles. The molecule has 0 atom stereocenters. The first-order valence-corrected chi connectivity index (χ1v) is 10.3. The number of anilines is 2. The largest absolute Gasteiger partial charge is 0.321 e. The standard InChI is InChI=1S/C17H21N5O3S.ClH/c1-11-3-4-12(9-15(11)22-7-2-8-26(22,24)25)19-17(23)16-13-10-18-6-5-14(13)20-21-16;/h3-4,9,18H,2,5-8,10H2,1H3,(H,19,23)(H,20,21);1H. The van der Waals surface area contributed by atoms with Gasteiger partial charge >= 0.3 is 0 Å². The van der Waals surface area contributed by atoms with Crippen LogP contribution in [0.2, 0.25) is 0 Å². The van der Waals surface area contributed by atoms with Crippen LogP contribution >= 0.6 is 12.4 Å². The molecule has 0 radical (unpaired) electrons. The molecule has 146 valence electrons. The Labute approximate surface area is 164 Å². The van der Waals surface area contributed by atoms with E-state index < -0.39 is 10.0 Å². The number of sulfonamides is 1. The summed E-state index contributed by atoms with van der Waals surface area (Å²) in [5, 5.41) is 13.2. The van der Waals surface area contributed by atoms with Crippen molar-refractivity contribution in [2.75, 3.05) is 28.5 Å². The molecule has 0 bridgehead atoms. The maximum atomic E-state index is 12.6. The number of fused-ring (bicyclic) bond motifs is 1. The normalized spacial score (nSPS) is 17.9. The highest BCUT2D eigenvalue weighted by Crippen LogP contribution is 2.30. The average molecular weight is 412 g/mol. The van der Waals surface area contributed by atoms with Crippen LogP contribution in [0.15, 0.2) is 18.2 Å². The molecule has 2 aromatic rings. The van der Waals surface area contributed by atoms with E-state index in [4.69, 9.17) is 0 Å². The summed E-state index contributed by atoms with van der Waals surface area (Å²) in [6.07, 6.45) is 1.43. The van der Waals surface area contributed by atoms with Gasteiger partial charge in [0.1, 0.15) is 0 Å². The van der Waals surface area contributed by atoms with Crippen molar-refractivity contribution in [3.8, 4) is 0 Å². The second-order valence-corrected chi connectivity index (χ2v) is 8.67. The smallest absolute Gasteiger partial charge is 0.276 e. The maximum absolute atomic E-state index is 12.6. The van der Waals surface area contributed by atoms with Crippen LogP contribution in [0.4, 0.5) is 11.4 Å². The Morgan fingerprint density at radius 1 is 1.33 bits per heavy atom. The summed E-state index contributed by atoms with van der Waals surface area (Å²) in [5.41, 5.74) is 4.28. The summed E-state index contributed by atoms with van der Waals surface area (Å²) in [6, 6.07) is 5.31. The Kier molecular flexibility index (Phi) is 5.45. The monoisotopic (exact) mass is 411 g/mol. The van der Waals surface area contributed by atoms with Gasteiger partial charge in [0.25, 0.3) is 5.91 Å². The Morgan fingerprint density at radius 3 is 2.89 bits per heavy atom. The molecule has 0 spiro atoms. The second kappa shape index (κ2) is 7.49. The van der Waals surface area contributed by atoms with E-state index in [-0.39, 0.29) is 24.1 Å². The van der Waals surface area contributed by atoms with Gasteiger partial charge in [0.2, 0.25) is 10.0 Å². The lowest BCUT2D eigenvalue weighted by molar-refractivity contribution is 0.102. The molecule has 1 saturated heterocycles. The van der Waals surface area contributed by atoms with E-state index in [0.717, 1.165) is 29.8 Å². The molecule has 0 unspecified atom stereocenters. The number of carbonyl (C=O) groups excluding carboxylic acids is 1. The number of hydrogen-bond acceptors (Lipinski definition) is 5. The van der Waals surface area contributed by atoms with E-state index in [2.05, 4.69) is 20.8 Å². The molecule has 1 fully saturated rings. The summed E-state index contributed by atoms with van der Waals surface area (Å²) in [7, 11) is -3.27. The molecule has 2 aliphatic rings. The highest BCUT2D eigenvalue weighted by atomic mass is 35.5. The Balaban J connectivity index is 0.00000210. The van der Waals surface area contributed by atoms with E-state index in [1.807, 2.05) is 13.0 Å². The SMILES string of the molecule is Cc1ccc(NC(=O)c2n[nH]c3c2CNCC3)cc1N1CCCS1(=O)=O.Cl. The van der Waals surface area contributed by atoms with Crippen LogP contribution in [0.5, 0.6) is 0 Å². The Morgan fingerprint density at radius 2 is 2.15 bits per heavy atom. The van der Waals surface area contributed by atoms with Crippen molar-refractivity contribution in [1.29, 1.82) is 0 Å². The van der Waals surface area contributed by atoms with Crippen molar-refractivity contribution < 1.29 is 13.2 Å². The number of aromatic nitrogens is 2. The first-order valence-electron chi connectivity index (χ1n) is 8.65. The first-order chi connectivity index (χ1) is 12.5. The minimum absolute atomic E-state index is 0. The minimum Gasteiger partial charge on any atom is -0.321 e. The van der Waals surface area contributed by atoms with Gasteiger partial charge in [-0.2, -0.15) is 5.10 Å². The molecule has 0 aliphatic carbocycles. The summed E-state index contributed by atoms with van der Waals surface area (Å²) in [5.74, 6) is -0.139. The van der Waals surface area contributed by atoms with Crippen LogP contribution in [0.25, 0.3) is 0 Å². The lowest BCUT2D eigenvalue weighted by Crippen LogP contribution is -2.26. The van der Waals surface area contributed by atoms with Crippen LogP contribution in [-0.4, -0.2) is 43.4 Å². The fourth-order valence-corrected chi connectivity index (χ4v) is 5.09. The van der Waals surface area contributed by atoms with Crippen molar-refractivity contribution in [2.24, 2.45) is 0 Å². The van der Waals surface area contributed by atoms with E-state index >= 15 is 0 Å². The van der Waals surface area contributed by atoms with Crippen LogP contribution in [-0.2, 0) is 23.0 Å². The fraction of sp³-hybridized carbons (Fsp3) is 0.412. The van der Waals surface area contributed by atoms with E-state index in [1.165, 1.54) is 4.31 Å².